The van der Waals surface area contributed by atoms with E-state index in [0.29, 0.717) is 17.2 Å². The van der Waals surface area contributed by atoms with Gasteiger partial charge in [-0.05, 0) is 6.92 Å². The van der Waals surface area contributed by atoms with Crippen LogP contribution in [0.3, 0.4) is 0 Å². The van der Waals surface area contributed by atoms with Crippen LogP contribution in [0.15, 0.2) is 18.2 Å². The summed E-state index contributed by atoms with van der Waals surface area (Å²) in [6.45, 7) is 1.91. The summed E-state index contributed by atoms with van der Waals surface area (Å²) in [6.07, 6.45) is -0.498. The first-order valence-electron chi connectivity index (χ1n) is 4.69. The van der Waals surface area contributed by atoms with Crippen LogP contribution in [-0.2, 0) is 0 Å². The maximum Gasteiger partial charge on any atom is 0.126 e. The fourth-order valence-corrected chi connectivity index (χ4v) is 1.08. The van der Waals surface area contributed by atoms with Crippen LogP contribution in [0, 0.1) is 0 Å². The number of benzene rings is 1. The zero-order valence-corrected chi connectivity index (χ0v) is 9.19. The molecule has 1 atom stereocenters. The lowest BCUT2D eigenvalue weighted by molar-refractivity contribution is 0.122. The Morgan fingerprint density at radius 3 is 1.93 bits per heavy atom. The highest BCUT2D eigenvalue weighted by atomic mass is 16.5. The number of hydrogen-bond donors (Lipinski definition) is 1. The highest BCUT2D eigenvalue weighted by Gasteiger charge is 2.03. The molecule has 1 N–H and O–H groups in total. The third kappa shape index (κ3) is 3.67. The molecular weight excluding hydrogens is 196 g/mol. The first-order valence-corrected chi connectivity index (χ1v) is 4.69. The monoisotopic (exact) mass is 212 g/mol. The summed E-state index contributed by atoms with van der Waals surface area (Å²) in [6, 6.07) is 5.24. The smallest absolute Gasteiger partial charge is 0.126 e. The van der Waals surface area contributed by atoms with Crippen molar-refractivity contribution in [3.05, 3.63) is 18.2 Å². The molecule has 1 rings (SSSR count). The number of methoxy groups -OCH3 is 2. The molecule has 0 amide bonds. The van der Waals surface area contributed by atoms with Crippen LogP contribution in [0.2, 0.25) is 0 Å². The Kier molecular flexibility index (Phi) is 4.24. The molecule has 0 unspecified atom stereocenters. The van der Waals surface area contributed by atoms with Gasteiger partial charge < -0.3 is 19.3 Å². The third-order valence-electron chi connectivity index (χ3n) is 1.82. The van der Waals surface area contributed by atoms with Gasteiger partial charge in [-0.2, -0.15) is 0 Å². The van der Waals surface area contributed by atoms with E-state index < -0.39 is 6.10 Å². The Balaban J connectivity index is 2.77. The largest absolute Gasteiger partial charge is 0.496 e. The van der Waals surface area contributed by atoms with Gasteiger partial charge in [0.2, 0.25) is 0 Å². The van der Waals surface area contributed by atoms with E-state index in [1.807, 2.05) is 0 Å². The lowest BCUT2D eigenvalue weighted by atomic mass is 10.3. The van der Waals surface area contributed by atoms with Crippen LogP contribution in [0.5, 0.6) is 17.2 Å². The van der Waals surface area contributed by atoms with Crippen molar-refractivity contribution >= 4 is 0 Å². The second-order valence-corrected chi connectivity index (χ2v) is 3.21. The minimum absolute atomic E-state index is 0.246. The van der Waals surface area contributed by atoms with Crippen LogP contribution in [0.1, 0.15) is 6.92 Å². The summed E-state index contributed by atoms with van der Waals surface area (Å²) in [4.78, 5) is 0. The van der Waals surface area contributed by atoms with E-state index in [0.717, 1.165) is 0 Å². The highest BCUT2D eigenvalue weighted by Crippen LogP contribution is 2.27. The standard InChI is InChI=1S/C11H16O4/c1-8(12)7-15-11-5-9(13-2)4-10(6-11)14-3/h4-6,8,12H,7H2,1-3H3/t8-/m1/s1. The van der Waals surface area contributed by atoms with Crippen LogP contribution in [0.25, 0.3) is 0 Å². The molecule has 0 aliphatic rings. The lowest BCUT2D eigenvalue weighted by Crippen LogP contribution is -2.12. The van der Waals surface area contributed by atoms with Crippen molar-refractivity contribution < 1.29 is 19.3 Å². The van der Waals surface area contributed by atoms with Crippen molar-refractivity contribution in [3.8, 4) is 17.2 Å². The summed E-state index contributed by atoms with van der Waals surface area (Å²) in [7, 11) is 3.15. The molecule has 15 heavy (non-hydrogen) atoms. The van der Waals surface area contributed by atoms with Gasteiger partial charge in [0.1, 0.15) is 23.9 Å². The molecule has 1 aromatic carbocycles. The molecule has 0 aliphatic carbocycles. The maximum absolute atomic E-state index is 9.08. The van der Waals surface area contributed by atoms with Gasteiger partial charge in [0, 0.05) is 18.2 Å². The molecule has 4 heteroatoms. The normalized spacial score (nSPS) is 12.0. The van der Waals surface area contributed by atoms with Gasteiger partial charge in [-0.25, -0.2) is 0 Å². The summed E-state index contributed by atoms with van der Waals surface area (Å²) in [5.41, 5.74) is 0. The van der Waals surface area contributed by atoms with E-state index in [4.69, 9.17) is 19.3 Å². The average molecular weight is 212 g/mol. The molecule has 0 bridgehead atoms. The Hall–Kier alpha value is -1.42. The van der Waals surface area contributed by atoms with Gasteiger partial charge in [-0.1, -0.05) is 0 Å². The summed E-state index contributed by atoms with van der Waals surface area (Å²) < 4.78 is 15.5. The number of hydrogen-bond acceptors (Lipinski definition) is 4. The molecular formula is C11H16O4. The van der Waals surface area contributed by atoms with Gasteiger partial charge in [-0.3, -0.25) is 0 Å². The Morgan fingerprint density at radius 1 is 1.07 bits per heavy atom. The van der Waals surface area contributed by atoms with Crippen molar-refractivity contribution in [2.24, 2.45) is 0 Å². The molecule has 0 fully saturated rings. The second kappa shape index (κ2) is 5.46. The maximum atomic E-state index is 9.08. The average Bonchev–Trinajstić information content (AvgIpc) is 2.25. The number of ether oxygens (including phenoxy) is 3. The molecule has 0 radical (unpaired) electrons. The number of aliphatic hydroxyl groups excluding tert-OH is 1. The first-order chi connectivity index (χ1) is 7.15. The van der Waals surface area contributed by atoms with Gasteiger partial charge in [0.25, 0.3) is 0 Å². The van der Waals surface area contributed by atoms with Crippen LogP contribution >= 0.6 is 0 Å². The quantitative estimate of drug-likeness (QED) is 0.802. The molecule has 0 saturated heterocycles. The van der Waals surface area contributed by atoms with E-state index >= 15 is 0 Å². The minimum Gasteiger partial charge on any atom is -0.496 e. The second-order valence-electron chi connectivity index (χ2n) is 3.21. The van der Waals surface area contributed by atoms with Gasteiger partial charge in [-0.15, -0.1) is 0 Å². The van der Waals surface area contributed by atoms with E-state index in [2.05, 4.69) is 0 Å². The summed E-state index contributed by atoms with van der Waals surface area (Å²) in [5.74, 6) is 1.94. The molecule has 4 nitrogen and oxygen atoms in total. The number of aliphatic hydroxyl groups is 1. The Labute approximate surface area is 89.4 Å². The summed E-state index contributed by atoms with van der Waals surface area (Å²) >= 11 is 0. The zero-order valence-electron chi connectivity index (χ0n) is 9.19. The predicted octanol–water partition coefficient (Wildman–Crippen LogP) is 1.46. The van der Waals surface area contributed by atoms with Crippen LogP contribution in [-0.4, -0.2) is 32.0 Å². The predicted molar refractivity (Wildman–Crippen MR) is 56.7 cm³/mol. The third-order valence-corrected chi connectivity index (χ3v) is 1.82. The molecule has 0 saturated carbocycles. The van der Waals surface area contributed by atoms with Crippen molar-refractivity contribution in [2.45, 2.75) is 13.0 Å². The lowest BCUT2D eigenvalue weighted by Gasteiger charge is -2.11. The topological polar surface area (TPSA) is 47.9 Å². The Bertz CT molecular complexity index is 287. The molecule has 0 aliphatic heterocycles. The molecule has 84 valence electrons. The number of rotatable bonds is 5. The fraction of sp³-hybridized carbons (Fsp3) is 0.455. The fourth-order valence-electron chi connectivity index (χ4n) is 1.08. The summed E-state index contributed by atoms with van der Waals surface area (Å²) in [5, 5.41) is 9.08. The molecule has 1 aromatic rings. The van der Waals surface area contributed by atoms with Crippen molar-refractivity contribution in [1.82, 2.24) is 0 Å². The van der Waals surface area contributed by atoms with Gasteiger partial charge in [0.15, 0.2) is 0 Å². The SMILES string of the molecule is COc1cc(OC)cc(OC[C@@H](C)O)c1. The minimum atomic E-state index is -0.498. The van der Waals surface area contributed by atoms with Crippen LogP contribution < -0.4 is 14.2 Å². The van der Waals surface area contributed by atoms with E-state index in [-0.39, 0.29) is 6.61 Å². The molecule has 0 spiro atoms. The van der Waals surface area contributed by atoms with E-state index in [1.54, 1.807) is 39.3 Å². The van der Waals surface area contributed by atoms with Crippen molar-refractivity contribution in [3.63, 3.8) is 0 Å². The Morgan fingerprint density at radius 2 is 1.53 bits per heavy atom. The van der Waals surface area contributed by atoms with Gasteiger partial charge >= 0.3 is 0 Å². The highest BCUT2D eigenvalue weighted by molar-refractivity contribution is 5.41. The van der Waals surface area contributed by atoms with E-state index in [1.165, 1.54) is 0 Å². The van der Waals surface area contributed by atoms with Crippen molar-refractivity contribution in [2.75, 3.05) is 20.8 Å². The van der Waals surface area contributed by atoms with Gasteiger partial charge in [0.05, 0.1) is 20.3 Å². The first kappa shape index (κ1) is 11.7. The van der Waals surface area contributed by atoms with Crippen molar-refractivity contribution in [1.29, 1.82) is 0 Å². The molecule has 0 aromatic heterocycles. The van der Waals surface area contributed by atoms with E-state index in [9.17, 15) is 0 Å². The van der Waals surface area contributed by atoms with Crippen LogP contribution in [0.4, 0.5) is 0 Å². The zero-order chi connectivity index (χ0) is 11.3. The molecule has 0 heterocycles.